The molecule has 0 saturated heterocycles. The molecule has 0 atom stereocenters. The van der Waals surface area contributed by atoms with Gasteiger partial charge in [0.25, 0.3) is 0 Å². The van der Waals surface area contributed by atoms with Crippen molar-refractivity contribution in [2.45, 2.75) is 13.8 Å². The Morgan fingerprint density at radius 3 is 2.38 bits per heavy atom. The number of hydrogen-bond acceptors (Lipinski definition) is 2. The van der Waals surface area contributed by atoms with Gasteiger partial charge in [0.05, 0.1) is 17.8 Å². The zero-order valence-corrected chi connectivity index (χ0v) is 14.0. The molecule has 0 bridgehead atoms. The van der Waals surface area contributed by atoms with Crippen molar-refractivity contribution in [1.29, 1.82) is 0 Å². The summed E-state index contributed by atoms with van der Waals surface area (Å²) in [5.74, 6) is -0.207. The fourth-order valence-electron chi connectivity index (χ4n) is 2.99. The first-order valence-corrected chi connectivity index (χ1v) is 8.26. The summed E-state index contributed by atoms with van der Waals surface area (Å²) in [4.78, 5) is 18.4. The number of aromatic nitrogens is 1. The Kier molecular flexibility index (Phi) is 4.76. The van der Waals surface area contributed by atoms with Gasteiger partial charge in [0.2, 0.25) is 0 Å². The summed E-state index contributed by atoms with van der Waals surface area (Å²) >= 11 is 0. The average molecular weight is 324 g/mol. The van der Waals surface area contributed by atoms with Gasteiger partial charge in [-0.1, -0.05) is 32.0 Å². The Bertz CT molecular complexity index is 848. The maximum absolute atomic E-state index is 13.2. The molecule has 2 aromatic carbocycles. The smallest absolute Gasteiger partial charge is 0.179 e. The number of nitrogens with one attached hydrogen (secondary N) is 1. The van der Waals surface area contributed by atoms with Gasteiger partial charge < -0.3 is 4.98 Å². The van der Waals surface area contributed by atoms with Gasteiger partial charge in [0.15, 0.2) is 5.78 Å². The molecule has 24 heavy (non-hydrogen) atoms. The van der Waals surface area contributed by atoms with E-state index >= 15 is 0 Å². The number of aromatic amines is 1. The van der Waals surface area contributed by atoms with Crippen LogP contribution in [-0.2, 0) is 0 Å². The second-order valence-corrected chi connectivity index (χ2v) is 5.81. The van der Waals surface area contributed by atoms with Crippen LogP contribution in [0.3, 0.4) is 0 Å². The van der Waals surface area contributed by atoms with Gasteiger partial charge in [-0.15, -0.1) is 0 Å². The molecule has 3 nitrogen and oxygen atoms in total. The lowest BCUT2D eigenvalue weighted by atomic mass is 10.0. The van der Waals surface area contributed by atoms with Gasteiger partial charge >= 0.3 is 0 Å². The van der Waals surface area contributed by atoms with E-state index in [1.54, 1.807) is 12.1 Å². The minimum absolute atomic E-state index is 0.0791. The number of carbonyl (C=O) groups excluding carboxylic acids is 1. The predicted octanol–water partition coefficient (Wildman–Crippen LogP) is 4.50. The zero-order chi connectivity index (χ0) is 17.1. The monoisotopic (exact) mass is 324 g/mol. The van der Waals surface area contributed by atoms with E-state index in [1.807, 2.05) is 38.1 Å². The van der Waals surface area contributed by atoms with Crippen molar-refractivity contribution >= 4 is 16.7 Å². The molecule has 0 amide bonds. The fourth-order valence-corrected chi connectivity index (χ4v) is 2.99. The van der Waals surface area contributed by atoms with E-state index in [9.17, 15) is 9.18 Å². The van der Waals surface area contributed by atoms with Crippen LogP contribution in [-0.4, -0.2) is 35.3 Å². The second-order valence-electron chi connectivity index (χ2n) is 5.81. The fraction of sp³-hybridized carbons (Fsp3) is 0.250. The molecule has 0 aliphatic carbocycles. The second kappa shape index (κ2) is 6.97. The summed E-state index contributed by atoms with van der Waals surface area (Å²) in [5.41, 5.74) is 3.17. The maximum Gasteiger partial charge on any atom is 0.179 e. The van der Waals surface area contributed by atoms with Crippen LogP contribution in [0.4, 0.5) is 4.39 Å². The van der Waals surface area contributed by atoms with Crippen molar-refractivity contribution in [2.24, 2.45) is 0 Å². The Morgan fingerprint density at radius 2 is 1.71 bits per heavy atom. The minimum Gasteiger partial charge on any atom is -0.354 e. The summed E-state index contributed by atoms with van der Waals surface area (Å²) in [7, 11) is 0. The van der Waals surface area contributed by atoms with Crippen molar-refractivity contribution in [3.8, 4) is 11.3 Å². The van der Waals surface area contributed by atoms with E-state index in [0.29, 0.717) is 12.1 Å². The predicted molar refractivity (Wildman–Crippen MR) is 95.8 cm³/mol. The lowest BCUT2D eigenvalue weighted by Gasteiger charge is -2.17. The number of para-hydroxylation sites is 1. The summed E-state index contributed by atoms with van der Waals surface area (Å²) < 4.78 is 13.2. The number of rotatable bonds is 6. The topological polar surface area (TPSA) is 36.1 Å². The standard InChI is InChI=1S/C20H21FN2O/c1-3-23(4-2)13-18(24)19-16-7-5-6-8-17(16)22-20(19)14-9-11-15(21)12-10-14/h5-12,22H,3-4,13H2,1-2H3. The van der Waals surface area contributed by atoms with Crippen LogP contribution in [0.1, 0.15) is 24.2 Å². The SMILES string of the molecule is CCN(CC)CC(=O)c1c(-c2ccc(F)cc2)[nH]c2ccccc12. The Hall–Kier alpha value is -2.46. The van der Waals surface area contributed by atoms with Crippen LogP contribution in [0.15, 0.2) is 48.5 Å². The van der Waals surface area contributed by atoms with Crippen molar-refractivity contribution in [2.75, 3.05) is 19.6 Å². The van der Waals surface area contributed by atoms with E-state index in [4.69, 9.17) is 0 Å². The third-order valence-corrected chi connectivity index (χ3v) is 4.38. The normalized spacial score (nSPS) is 11.3. The molecule has 0 aliphatic heterocycles. The number of nitrogens with zero attached hydrogens (tertiary/aromatic N) is 1. The Morgan fingerprint density at radius 1 is 1.04 bits per heavy atom. The van der Waals surface area contributed by atoms with Gasteiger partial charge in [-0.25, -0.2) is 4.39 Å². The van der Waals surface area contributed by atoms with Gasteiger partial charge in [-0.05, 0) is 49.0 Å². The highest BCUT2D eigenvalue weighted by Gasteiger charge is 2.20. The lowest BCUT2D eigenvalue weighted by Crippen LogP contribution is -2.29. The molecular weight excluding hydrogens is 303 g/mol. The molecule has 1 N–H and O–H groups in total. The van der Waals surface area contributed by atoms with E-state index < -0.39 is 0 Å². The van der Waals surface area contributed by atoms with Crippen LogP contribution in [0.5, 0.6) is 0 Å². The quantitative estimate of drug-likeness (QED) is 0.678. The van der Waals surface area contributed by atoms with Crippen molar-refractivity contribution in [3.05, 3.63) is 59.9 Å². The molecule has 4 heteroatoms. The third kappa shape index (κ3) is 3.10. The first-order chi connectivity index (χ1) is 11.6. The molecule has 1 heterocycles. The number of benzene rings is 2. The highest BCUT2D eigenvalue weighted by Crippen LogP contribution is 2.31. The van der Waals surface area contributed by atoms with Gasteiger partial charge in [-0.3, -0.25) is 9.69 Å². The number of hydrogen-bond donors (Lipinski definition) is 1. The van der Waals surface area contributed by atoms with Crippen LogP contribution in [0, 0.1) is 5.82 Å². The van der Waals surface area contributed by atoms with Gasteiger partial charge in [0.1, 0.15) is 5.82 Å². The van der Waals surface area contributed by atoms with E-state index in [-0.39, 0.29) is 11.6 Å². The van der Waals surface area contributed by atoms with Gasteiger partial charge in [0, 0.05) is 10.9 Å². The molecule has 3 aromatic rings. The molecular formula is C20H21FN2O. The molecule has 0 saturated carbocycles. The van der Waals surface area contributed by atoms with Crippen LogP contribution in [0.25, 0.3) is 22.2 Å². The number of carbonyl (C=O) groups is 1. The highest BCUT2D eigenvalue weighted by atomic mass is 19.1. The van der Waals surface area contributed by atoms with Crippen LogP contribution < -0.4 is 0 Å². The number of ketones is 1. The molecule has 124 valence electrons. The summed E-state index contributed by atoms with van der Waals surface area (Å²) in [6.45, 7) is 6.13. The Balaban J connectivity index is 2.12. The number of halogens is 1. The van der Waals surface area contributed by atoms with Crippen molar-refractivity contribution < 1.29 is 9.18 Å². The highest BCUT2D eigenvalue weighted by molar-refractivity contribution is 6.14. The van der Waals surface area contributed by atoms with Crippen molar-refractivity contribution in [1.82, 2.24) is 9.88 Å². The number of likely N-dealkylation sites (N-methyl/N-ethyl adjacent to an activating group) is 1. The number of H-pyrrole nitrogens is 1. The summed E-state index contributed by atoms with van der Waals surface area (Å²) in [6, 6.07) is 14.0. The summed E-state index contributed by atoms with van der Waals surface area (Å²) in [6.07, 6.45) is 0. The number of fused-ring (bicyclic) bond motifs is 1. The maximum atomic E-state index is 13.2. The molecule has 0 unspecified atom stereocenters. The lowest BCUT2D eigenvalue weighted by molar-refractivity contribution is 0.0939. The van der Waals surface area contributed by atoms with E-state index in [0.717, 1.165) is 35.2 Å². The van der Waals surface area contributed by atoms with Crippen LogP contribution >= 0.6 is 0 Å². The van der Waals surface area contributed by atoms with E-state index in [1.165, 1.54) is 12.1 Å². The van der Waals surface area contributed by atoms with Crippen molar-refractivity contribution in [3.63, 3.8) is 0 Å². The molecule has 0 spiro atoms. The molecule has 0 fully saturated rings. The molecule has 1 aromatic heterocycles. The first kappa shape index (κ1) is 16.4. The zero-order valence-electron chi connectivity index (χ0n) is 14.0. The molecule has 0 aliphatic rings. The molecule has 0 radical (unpaired) electrons. The minimum atomic E-state index is -0.286. The molecule has 3 rings (SSSR count). The van der Waals surface area contributed by atoms with Gasteiger partial charge in [-0.2, -0.15) is 0 Å². The van der Waals surface area contributed by atoms with Crippen LogP contribution in [0.2, 0.25) is 0 Å². The Labute approximate surface area is 141 Å². The first-order valence-electron chi connectivity index (χ1n) is 8.26. The average Bonchev–Trinajstić information content (AvgIpc) is 2.99. The summed E-state index contributed by atoms with van der Waals surface area (Å²) in [5, 5.41) is 0.911. The van der Waals surface area contributed by atoms with E-state index in [2.05, 4.69) is 9.88 Å². The third-order valence-electron chi connectivity index (χ3n) is 4.38. The largest absolute Gasteiger partial charge is 0.354 e. The number of Topliss-reactive ketones (excluding diaryl/α,β-unsaturated/α-hetero) is 1.